The van der Waals surface area contributed by atoms with Gasteiger partial charge in [0.25, 0.3) is 5.91 Å². The fourth-order valence-electron chi connectivity index (χ4n) is 3.03. The highest BCUT2D eigenvalue weighted by Crippen LogP contribution is 2.29. The molecular formula is C22H21ClN4O2S. The van der Waals surface area contributed by atoms with Crippen LogP contribution in [-0.2, 0) is 9.53 Å². The highest BCUT2D eigenvalue weighted by Gasteiger charge is 2.23. The number of aryl methyl sites for hydroxylation is 1. The number of aromatic nitrogens is 3. The van der Waals surface area contributed by atoms with Crippen LogP contribution in [-0.4, -0.2) is 52.3 Å². The zero-order chi connectivity index (χ0) is 20.9. The van der Waals surface area contributed by atoms with Gasteiger partial charge in [0.15, 0.2) is 5.82 Å². The van der Waals surface area contributed by atoms with Gasteiger partial charge in [-0.05, 0) is 42.5 Å². The van der Waals surface area contributed by atoms with Crippen molar-refractivity contribution in [2.24, 2.45) is 0 Å². The minimum atomic E-state index is -0.0435. The second-order valence-corrected chi connectivity index (χ2v) is 8.35. The van der Waals surface area contributed by atoms with Gasteiger partial charge >= 0.3 is 0 Å². The van der Waals surface area contributed by atoms with Gasteiger partial charge in [-0.2, -0.15) is 0 Å². The van der Waals surface area contributed by atoms with Gasteiger partial charge in [0.05, 0.1) is 18.1 Å². The molecule has 0 unspecified atom stereocenters. The highest BCUT2D eigenvalue weighted by atomic mass is 35.5. The average molecular weight is 441 g/mol. The van der Waals surface area contributed by atoms with Crippen molar-refractivity contribution in [3.05, 3.63) is 69.6 Å². The Morgan fingerprint density at radius 2 is 1.97 bits per heavy atom. The van der Waals surface area contributed by atoms with Crippen LogP contribution >= 0.6 is 23.4 Å². The van der Waals surface area contributed by atoms with Gasteiger partial charge in [-0.1, -0.05) is 53.6 Å². The Hall–Kier alpha value is -2.61. The third kappa shape index (κ3) is 5.11. The molecule has 0 atom stereocenters. The van der Waals surface area contributed by atoms with Gasteiger partial charge in [-0.3, -0.25) is 9.89 Å². The van der Waals surface area contributed by atoms with Gasteiger partial charge in [0.2, 0.25) is 5.16 Å². The SMILES string of the molecule is Cc1ccc(/C=C(/Sc2n[nH]c(-c3cccc(Cl)c3)n2)C(=O)N2CCOCC2)cc1. The lowest BCUT2D eigenvalue weighted by atomic mass is 10.1. The number of carbonyl (C=O) groups excluding carboxylic acids is 1. The lowest BCUT2D eigenvalue weighted by molar-refractivity contribution is -0.130. The van der Waals surface area contributed by atoms with Gasteiger partial charge in [-0.25, -0.2) is 4.98 Å². The number of aromatic amines is 1. The maximum atomic E-state index is 13.2. The van der Waals surface area contributed by atoms with Gasteiger partial charge < -0.3 is 9.64 Å². The molecule has 1 fully saturated rings. The molecule has 30 heavy (non-hydrogen) atoms. The average Bonchev–Trinajstić information content (AvgIpc) is 3.23. The number of H-pyrrole nitrogens is 1. The van der Waals surface area contributed by atoms with Crippen LogP contribution in [0, 0.1) is 6.92 Å². The molecule has 1 aromatic heterocycles. The molecule has 0 bridgehead atoms. The molecule has 1 aliphatic heterocycles. The van der Waals surface area contributed by atoms with Crippen LogP contribution in [0.3, 0.4) is 0 Å². The van der Waals surface area contributed by atoms with Crippen LogP contribution in [0.2, 0.25) is 5.02 Å². The van der Waals surface area contributed by atoms with E-state index in [-0.39, 0.29) is 5.91 Å². The Morgan fingerprint density at radius 1 is 1.20 bits per heavy atom. The molecule has 1 saturated heterocycles. The van der Waals surface area contributed by atoms with Crippen molar-refractivity contribution in [1.29, 1.82) is 0 Å². The predicted molar refractivity (Wildman–Crippen MR) is 119 cm³/mol. The predicted octanol–water partition coefficient (Wildman–Crippen LogP) is 4.43. The first-order valence-corrected chi connectivity index (χ1v) is 10.8. The molecule has 0 radical (unpaired) electrons. The van der Waals surface area contributed by atoms with Crippen molar-refractivity contribution in [2.45, 2.75) is 12.1 Å². The largest absolute Gasteiger partial charge is 0.378 e. The Kier molecular flexibility index (Phi) is 6.52. The van der Waals surface area contributed by atoms with Crippen molar-refractivity contribution in [2.75, 3.05) is 26.3 Å². The van der Waals surface area contributed by atoms with Crippen LogP contribution in [0.1, 0.15) is 11.1 Å². The molecule has 2 aromatic carbocycles. The van der Waals surface area contributed by atoms with E-state index in [1.807, 2.05) is 55.5 Å². The minimum Gasteiger partial charge on any atom is -0.378 e. The third-order valence-corrected chi connectivity index (χ3v) is 5.76. The summed E-state index contributed by atoms with van der Waals surface area (Å²) in [7, 11) is 0. The van der Waals surface area contributed by atoms with E-state index >= 15 is 0 Å². The van der Waals surface area contributed by atoms with E-state index in [9.17, 15) is 4.79 Å². The summed E-state index contributed by atoms with van der Waals surface area (Å²) in [6, 6.07) is 15.4. The van der Waals surface area contributed by atoms with Crippen molar-refractivity contribution >= 4 is 35.3 Å². The van der Waals surface area contributed by atoms with E-state index in [0.717, 1.165) is 11.1 Å². The van der Waals surface area contributed by atoms with Crippen molar-refractivity contribution in [1.82, 2.24) is 20.1 Å². The number of hydrogen-bond acceptors (Lipinski definition) is 5. The fraction of sp³-hybridized carbons (Fsp3) is 0.227. The molecule has 4 rings (SSSR count). The van der Waals surface area contributed by atoms with Crippen molar-refractivity contribution in [3.8, 4) is 11.4 Å². The van der Waals surface area contributed by atoms with E-state index in [1.54, 1.807) is 11.0 Å². The second-order valence-electron chi connectivity index (χ2n) is 6.90. The molecule has 1 aliphatic rings. The number of benzene rings is 2. The van der Waals surface area contributed by atoms with Gasteiger partial charge in [0, 0.05) is 23.7 Å². The summed E-state index contributed by atoms with van der Waals surface area (Å²) in [6.45, 7) is 4.29. The summed E-state index contributed by atoms with van der Waals surface area (Å²) >= 11 is 7.33. The first-order valence-electron chi connectivity index (χ1n) is 9.60. The van der Waals surface area contributed by atoms with Crippen LogP contribution in [0.5, 0.6) is 0 Å². The standard InChI is InChI=1S/C22H21ClN4O2S/c1-15-5-7-16(8-6-15)13-19(21(28)27-9-11-29-12-10-27)30-22-24-20(25-26-22)17-3-2-4-18(23)14-17/h2-8,13-14H,9-12H2,1H3,(H,24,25,26)/b19-13+. The Balaban J connectivity index is 1.61. The van der Waals surface area contributed by atoms with E-state index < -0.39 is 0 Å². The smallest absolute Gasteiger partial charge is 0.260 e. The molecule has 2 heterocycles. The third-order valence-electron chi connectivity index (χ3n) is 4.65. The molecule has 3 aromatic rings. The molecule has 8 heteroatoms. The van der Waals surface area contributed by atoms with Crippen molar-refractivity contribution < 1.29 is 9.53 Å². The van der Waals surface area contributed by atoms with Gasteiger partial charge in [0.1, 0.15) is 0 Å². The summed E-state index contributed by atoms with van der Waals surface area (Å²) in [5, 5.41) is 8.33. The number of halogens is 1. The zero-order valence-corrected chi connectivity index (χ0v) is 18.0. The number of carbonyl (C=O) groups is 1. The lowest BCUT2D eigenvalue weighted by Gasteiger charge is -2.27. The van der Waals surface area contributed by atoms with E-state index in [0.29, 0.717) is 47.2 Å². The van der Waals surface area contributed by atoms with E-state index in [4.69, 9.17) is 16.3 Å². The summed E-state index contributed by atoms with van der Waals surface area (Å²) in [5.74, 6) is 0.562. The second kappa shape index (κ2) is 9.47. The number of nitrogens with one attached hydrogen (secondary N) is 1. The molecule has 0 aliphatic carbocycles. The number of hydrogen-bond donors (Lipinski definition) is 1. The Labute approximate surface area is 184 Å². The molecule has 1 N–H and O–H groups in total. The highest BCUT2D eigenvalue weighted by molar-refractivity contribution is 8.04. The quantitative estimate of drug-likeness (QED) is 0.469. The number of amides is 1. The summed E-state index contributed by atoms with van der Waals surface area (Å²) in [4.78, 5) is 20.1. The van der Waals surface area contributed by atoms with Crippen LogP contribution < -0.4 is 0 Å². The Bertz CT molecular complexity index is 1060. The maximum Gasteiger partial charge on any atom is 0.260 e. The van der Waals surface area contributed by atoms with Crippen molar-refractivity contribution in [3.63, 3.8) is 0 Å². The molecule has 0 saturated carbocycles. The molecular weight excluding hydrogens is 420 g/mol. The van der Waals surface area contributed by atoms with E-state index in [1.165, 1.54) is 17.3 Å². The van der Waals surface area contributed by atoms with E-state index in [2.05, 4.69) is 15.2 Å². The molecule has 0 spiro atoms. The molecule has 1 amide bonds. The normalized spacial score (nSPS) is 14.7. The molecule has 154 valence electrons. The number of ether oxygens (including phenoxy) is 1. The minimum absolute atomic E-state index is 0.0435. The first-order chi connectivity index (χ1) is 14.6. The monoisotopic (exact) mass is 440 g/mol. The summed E-state index contributed by atoms with van der Waals surface area (Å²) in [5.41, 5.74) is 2.96. The number of thioether (sulfide) groups is 1. The molecule has 6 nitrogen and oxygen atoms in total. The zero-order valence-electron chi connectivity index (χ0n) is 16.5. The summed E-state index contributed by atoms with van der Waals surface area (Å²) < 4.78 is 5.38. The van der Waals surface area contributed by atoms with Crippen LogP contribution in [0.4, 0.5) is 0 Å². The number of nitrogens with zero attached hydrogens (tertiary/aromatic N) is 3. The number of morpholine rings is 1. The Morgan fingerprint density at radius 3 is 2.70 bits per heavy atom. The number of rotatable bonds is 5. The summed E-state index contributed by atoms with van der Waals surface area (Å²) in [6.07, 6.45) is 1.89. The lowest BCUT2D eigenvalue weighted by Crippen LogP contribution is -2.41. The van der Waals surface area contributed by atoms with Crippen LogP contribution in [0.25, 0.3) is 17.5 Å². The van der Waals surface area contributed by atoms with Crippen LogP contribution in [0.15, 0.2) is 58.6 Å². The fourth-order valence-corrected chi connectivity index (χ4v) is 4.05. The topological polar surface area (TPSA) is 71.1 Å². The van der Waals surface area contributed by atoms with Gasteiger partial charge in [-0.15, -0.1) is 5.10 Å². The first kappa shape index (κ1) is 20.7. The maximum absolute atomic E-state index is 13.2.